The summed E-state index contributed by atoms with van der Waals surface area (Å²) in [5.41, 5.74) is 0.826. The van der Waals surface area contributed by atoms with Crippen molar-refractivity contribution >= 4 is 5.97 Å². The van der Waals surface area contributed by atoms with Crippen LogP contribution in [0.15, 0.2) is 18.2 Å². The van der Waals surface area contributed by atoms with Crippen molar-refractivity contribution in [3.05, 3.63) is 23.8 Å². The number of aryl methyl sites for hydroxylation is 1. The molecule has 0 fully saturated rings. The van der Waals surface area contributed by atoms with Gasteiger partial charge < -0.3 is 14.4 Å². The first-order chi connectivity index (χ1) is 7.71. The second-order valence-electron chi connectivity index (χ2n) is 3.14. The van der Waals surface area contributed by atoms with Crippen LogP contribution in [0.3, 0.4) is 0 Å². The number of carbonyl (C=O) groups is 1. The minimum absolute atomic E-state index is 0.0834. The summed E-state index contributed by atoms with van der Waals surface area (Å²) in [6.07, 6.45) is 0.500. The molecule has 0 spiro atoms. The molecule has 0 saturated carbocycles. The minimum atomic E-state index is -0.676. The number of ether oxygens (including phenoxy) is 2. The summed E-state index contributed by atoms with van der Waals surface area (Å²) in [7, 11) is 3.11. The monoisotopic (exact) mass is 226 g/mol. The zero-order chi connectivity index (χ0) is 12.0. The van der Waals surface area contributed by atoms with Crippen molar-refractivity contribution in [2.75, 3.05) is 14.2 Å². The molecule has 0 aliphatic heterocycles. The van der Waals surface area contributed by atoms with E-state index < -0.39 is 5.97 Å². The largest absolute Gasteiger partial charge is 0.497 e. The standard InChI is InChI=1S/C11H14O5/c1-14-9-4-5-10(15-2)8(7-9)3-6-11(12)16-13/h4-5,7,13H,3,6H2,1-2H3. The zero-order valence-electron chi connectivity index (χ0n) is 9.23. The van der Waals surface area contributed by atoms with E-state index in [4.69, 9.17) is 14.7 Å². The SMILES string of the molecule is COc1ccc(OC)c(CCC(=O)OO)c1. The summed E-state index contributed by atoms with van der Waals surface area (Å²) in [6, 6.07) is 5.31. The molecule has 1 aromatic rings. The molecule has 0 radical (unpaired) electrons. The normalized spacial score (nSPS) is 9.69. The molecule has 5 nitrogen and oxygen atoms in total. The molecule has 0 heterocycles. The molecule has 5 heteroatoms. The Morgan fingerprint density at radius 2 is 2.06 bits per heavy atom. The van der Waals surface area contributed by atoms with Crippen LogP contribution < -0.4 is 9.47 Å². The summed E-state index contributed by atoms with van der Waals surface area (Å²) < 4.78 is 10.2. The molecule has 1 aromatic carbocycles. The van der Waals surface area contributed by atoms with Gasteiger partial charge in [-0.05, 0) is 30.2 Å². The molecular weight excluding hydrogens is 212 g/mol. The molecule has 0 aromatic heterocycles. The molecule has 0 amide bonds. The van der Waals surface area contributed by atoms with Crippen molar-refractivity contribution < 1.29 is 24.4 Å². The van der Waals surface area contributed by atoms with Crippen LogP contribution in [-0.4, -0.2) is 25.4 Å². The summed E-state index contributed by atoms with van der Waals surface area (Å²) >= 11 is 0. The molecule has 1 rings (SSSR count). The molecular formula is C11H14O5. The van der Waals surface area contributed by atoms with Crippen molar-refractivity contribution in [3.63, 3.8) is 0 Å². The molecule has 16 heavy (non-hydrogen) atoms. The lowest BCUT2D eigenvalue weighted by atomic mass is 10.1. The van der Waals surface area contributed by atoms with Crippen molar-refractivity contribution in [1.29, 1.82) is 0 Å². The topological polar surface area (TPSA) is 65.0 Å². The van der Waals surface area contributed by atoms with E-state index in [-0.39, 0.29) is 6.42 Å². The lowest BCUT2D eigenvalue weighted by Gasteiger charge is -2.09. The highest BCUT2D eigenvalue weighted by Gasteiger charge is 2.08. The van der Waals surface area contributed by atoms with Gasteiger partial charge in [0.05, 0.1) is 20.6 Å². The van der Waals surface area contributed by atoms with Crippen LogP contribution >= 0.6 is 0 Å². The predicted molar refractivity (Wildman–Crippen MR) is 56.6 cm³/mol. The first kappa shape index (κ1) is 12.3. The van der Waals surface area contributed by atoms with Crippen LogP contribution in [0.5, 0.6) is 11.5 Å². The summed E-state index contributed by atoms with van der Waals surface area (Å²) in [5, 5.41) is 8.13. The Hall–Kier alpha value is -1.75. The van der Waals surface area contributed by atoms with Crippen LogP contribution in [0.25, 0.3) is 0 Å². The maximum Gasteiger partial charge on any atom is 0.342 e. The Morgan fingerprint density at radius 3 is 2.62 bits per heavy atom. The van der Waals surface area contributed by atoms with Gasteiger partial charge in [-0.25, -0.2) is 4.79 Å². The van der Waals surface area contributed by atoms with Crippen LogP contribution in [0, 0.1) is 0 Å². The lowest BCUT2D eigenvalue weighted by Crippen LogP contribution is -2.03. The summed E-state index contributed by atoms with van der Waals surface area (Å²) in [6.45, 7) is 0. The molecule has 0 saturated heterocycles. The minimum Gasteiger partial charge on any atom is -0.497 e. The van der Waals surface area contributed by atoms with E-state index in [1.54, 1.807) is 32.4 Å². The van der Waals surface area contributed by atoms with Crippen LogP contribution in [0.2, 0.25) is 0 Å². The Balaban J connectivity index is 2.78. The van der Waals surface area contributed by atoms with E-state index in [0.717, 1.165) is 5.56 Å². The van der Waals surface area contributed by atoms with Crippen molar-refractivity contribution in [2.24, 2.45) is 0 Å². The van der Waals surface area contributed by atoms with E-state index >= 15 is 0 Å². The van der Waals surface area contributed by atoms with Crippen molar-refractivity contribution in [1.82, 2.24) is 0 Å². The fourth-order valence-corrected chi connectivity index (χ4v) is 1.36. The van der Waals surface area contributed by atoms with E-state index in [9.17, 15) is 4.79 Å². The molecule has 0 unspecified atom stereocenters. The fourth-order valence-electron chi connectivity index (χ4n) is 1.36. The Morgan fingerprint density at radius 1 is 1.31 bits per heavy atom. The van der Waals surface area contributed by atoms with Crippen molar-refractivity contribution in [2.45, 2.75) is 12.8 Å². The van der Waals surface area contributed by atoms with E-state index in [1.165, 1.54) is 0 Å². The highest BCUT2D eigenvalue weighted by atomic mass is 17.1. The van der Waals surface area contributed by atoms with Gasteiger partial charge in [0.2, 0.25) is 0 Å². The molecule has 88 valence electrons. The average molecular weight is 226 g/mol. The highest BCUT2D eigenvalue weighted by molar-refractivity contribution is 5.69. The number of carbonyl (C=O) groups excluding carboxylic acids is 1. The number of rotatable bonds is 5. The number of methoxy groups -OCH3 is 2. The van der Waals surface area contributed by atoms with E-state index in [1.807, 2.05) is 0 Å². The van der Waals surface area contributed by atoms with Gasteiger partial charge in [0.15, 0.2) is 0 Å². The van der Waals surface area contributed by atoms with Crippen LogP contribution in [0.1, 0.15) is 12.0 Å². The lowest BCUT2D eigenvalue weighted by molar-refractivity contribution is -0.234. The quantitative estimate of drug-likeness (QED) is 0.611. The molecule has 0 bridgehead atoms. The summed E-state index contributed by atoms with van der Waals surface area (Å²) in [5.74, 6) is 0.685. The predicted octanol–water partition coefficient (Wildman–Crippen LogP) is 1.65. The van der Waals surface area contributed by atoms with Crippen LogP contribution in [0.4, 0.5) is 0 Å². The third kappa shape index (κ3) is 3.13. The molecule has 1 N–H and O–H groups in total. The Kier molecular flexibility index (Phi) is 4.60. The second-order valence-corrected chi connectivity index (χ2v) is 3.14. The summed E-state index contributed by atoms with van der Waals surface area (Å²) in [4.78, 5) is 14.4. The van der Waals surface area contributed by atoms with Gasteiger partial charge in [-0.15, -0.1) is 0 Å². The fraction of sp³-hybridized carbons (Fsp3) is 0.364. The third-order valence-electron chi connectivity index (χ3n) is 2.19. The third-order valence-corrected chi connectivity index (χ3v) is 2.19. The van der Waals surface area contributed by atoms with Gasteiger partial charge in [0, 0.05) is 0 Å². The van der Waals surface area contributed by atoms with Gasteiger partial charge in [0.25, 0.3) is 0 Å². The first-order valence-electron chi connectivity index (χ1n) is 4.76. The van der Waals surface area contributed by atoms with Gasteiger partial charge in [-0.3, -0.25) is 0 Å². The molecule has 0 atom stereocenters. The molecule has 0 aliphatic carbocycles. The van der Waals surface area contributed by atoms with E-state index in [0.29, 0.717) is 17.9 Å². The van der Waals surface area contributed by atoms with Gasteiger partial charge in [-0.1, -0.05) is 0 Å². The Bertz CT molecular complexity index is 361. The van der Waals surface area contributed by atoms with Gasteiger partial charge in [-0.2, -0.15) is 5.26 Å². The van der Waals surface area contributed by atoms with Crippen LogP contribution in [-0.2, 0) is 16.1 Å². The van der Waals surface area contributed by atoms with Crippen molar-refractivity contribution in [3.8, 4) is 11.5 Å². The number of hydrogen-bond acceptors (Lipinski definition) is 5. The average Bonchev–Trinajstić information content (AvgIpc) is 2.35. The number of benzene rings is 1. The second kappa shape index (κ2) is 5.97. The smallest absolute Gasteiger partial charge is 0.342 e. The van der Waals surface area contributed by atoms with Gasteiger partial charge >= 0.3 is 5.97 Å². The van der Waals surface area contributed by atoms with Gasteiger partial charge in [0.1, 0.15) is 11.5 Å². The number of hydrogen-bond donors (Lipinski definition) is 1. The maximum atomic E-state index is 10.8. The first-order valence-corrected chi connectivity index (χ1v) is 4.76. The highest BCUT2D eigenvalue weighted by Crippen LogP contribution is 2.25. The molecule has 0 aliphatic rings. The zero-order valence-corrected chi connectivity index (χ0v) is 9.23. The van der Waals surface area contributed by atoms with E-state index in [2.05, 4.69) is 4.89 Å². The Labute approximate surface area is 93.5 Å². The maximum absolute atomic E-state index is 10.8.